The number of hydrogen-bond donors (Lipinski definition) is 2. The number of hydrogen-bond acceptors (Lipinski definition) is 6. The van der Waals surface area contributed by atoms with Crippen molar-refractivity contribution in [1.29, 1.82) is 0 Å². The third-order valence-electron chi connectivity index (χ3n) is 7.23. The Bertz CT molecular complexity index is 1380. The molecule has 1 atom stereocenters. The van der Waals surface area contributed by atoms with Crippen LogP contribution < -0.4 is 10.2 Å². The molecule has 6 nitrogen and oxygen atoms in total. The topological polar surface area (TPSA) is 70.5 Å². The van der Waals surface area contributed by atoms with Crippen molar-refractivity contribution in [2.24, 2.45) is 5.92 Å². The summed E-state index contributed by atoms with van der Waals surface area (Å²) < 4.78 is 48.8. The molecule has 0 unspecified atom stereocenters. The molecule has 1 aromatic heterocycles. The number of methoxy groups -OCH3 is 1. The number of aliphatic hydroxyl groups excluding tert-OH is 1. The first-order valence-electron chi connectivity index (χ1n) is 12.3. The third-order valence-corrected chi connectivity index (χ3v) is 7.23. The monoisotopic (exact) mass is 510 g/mol. The number of aromatic nitrogens is 2. The lowest BCUT2D eigenvalue weighted by molar-refractivity contribution is -0.0583. The van der Waals surface area contributed by atoms with E-state index >= 15 is 4.39 Å². The van der Waals surface area contributed by atoms with Crippen LogP contribution in [0.15, 0.2) is 24.3 Å². The Balaban J connectivity index is 1.57. The van der Waals surface area contributed by atoms with Crippen LogP contribution in [0.1, 0.15) is 40.5 Å². The summed E-state index contributed by atoms with van der Waals surface area (Å²) >= 11 is 0. The largest absolute Gasteiger partial charge is 0.390 e. The lowest BCUT2D eigenvalue weighted by Gasteiger charge is -2.42. The van der Waals surface area contributed by atoms with Crippen LogP contribution in [0.3, 0.4) is 0 Å². The van der Waals surface area contributed by atoms with Gasteiger partial charge in [0.25, 0.3) is 5.92 Å². The maximum Gasteiger partial charge on any atom is 0.298 e. The molecular weight excluding hydrogens is 481 g/mol. The van der Waals surface area contributed by atoms with Crippen molar-refractivity contribution < 1.29 is 23.0 Å². The van der Waals surface area contributed by atoms with E-state index in [1.54, 1.807) is 14.0 Å². The van der Waals surface area contributed by atoms with Gasteiger partial charge < -0.3 is 20.1 Å². The molecule has 1 fully saturated rings. The molecule has 0 amide bonds. The number of rotatable bonds is 8. The van der Waals surface area contributed by atoms with Crippen LogP contribution in [-0.2, 0) is 23.5 Å². The number of alkyl halides is 2. The number of nitrogens with zero attached hydrogens (tertiary/aromatic N) is 3. The molecule has 9 heteroatoms. The first-order valence-corrected chi connectivity index (χ1v) is 12.3. The second kappa shape index (κ2) is 9.84. The van der Waals surface area contributed by atoms with Gasteiger partial charge in [0.05, 0.1) is 17.7 Å². The Morgan fingerprint density at radius 3 is 2.73 bits per heavy atom. The van der Waals surface area contributed by atoms with Crippen LogP contribution in [0.25, 0.3) is 10.9 Å². The van der Waals surface area contributed by atoms with Gasteiger partial charge in [-0.15, -0.1) is 6.42 Å². The molecule has 1 saturated heterocycles. The van der Waals surface area contributed by atoms with E-state index in [2.05, 4.69) is 27.2 Å². The Morgan fingerprint density at radius 1 is 1.27 bits per heavy atom. The molecule has 2 heterocycles. The summed E-state index contributed by atoms with van der Waals surface area (Å²) in [7, 11) is 1.71. The van der Waals surface area contributed by atoms with Gasteiger partial charge in [0.1, 0.15) is 30.1 Å². The zero-order valence-corrected chi connectivity index (χ0v) is 20.8. The van der Waals surface area contributed by atoms with E-state index in [0.29, 0.717) is 24.2 Å². The van der Waals surface area contributed by atoms with Crippen LogP contribution in [0.2, 0.25) is 0 Å². The van der Waals surface area contributed by atoms with Gasteiger partial charge in [-0.2, -0.15) is 8.78 Å². The number of nitrogens with one attached hydrogen (secondary N) is 1. The first kappa shape index (κ1) is 25.3. The molecule has 37 heavy (non-hydrogen) atoms. The molecule has 2 aliphatic rings. The highest BCUT2D eigenvalue weighted by molar-refractivity contribution is 5.96. The predicted octanol–water partition coefficient (Wildman–Crippen LogP) is 4.52. The van der Waals surface area contributed by atoms with Crippen molar-refractivity contribution >= 4 is 22.4 Å². The first-order chi connectivity index (χ1) is 17.8. The number of ether oxygens (including phenoxy) is 1. The van der Waals surface area contributed by atoms with E-state index in [-0.39, 0.29) is 5.56 Å². The third kappa shape index (κ3) is 4.49. The number of anilines is 2. The molecule has 0 spiro atoms. The minimum atomic E-state index is -3.73. The van der Waals surface area contributed by atoms with E-state index in [4.69, 9.17) is 21.3 Å². The molecule has 0 radical (unpaired) electrons. The summed E-state index contributed by atoms with van der Waals surface area (Å²) in [6, 6.07) is 4.60. The minimum absolute atomic E-state index is 0.121. The van der Waals surface area contributed by atoms with Crippen molar-refractivity contribution in [3.05, 3.63) is 58.2 Å². The average molecular weight is 511 g/mol. The fourth-order valence-corrected chi connectivity index (χ4v) is 5.45. The predicted molar refractivity (Wildman–Crippen MR) is 136 cm³/mol. The lowest BCUT2D eigenvalue weighted by atomic mass is 9.95. The fourth-order valence-electron chi connectivity index (χ4n) is 5.45. The van der Waals surface area contributed by atoms with Crippen LogP contribution in [0, 0.1) is 31.0 Å². The summed E-state index contributed by atoms with van der Waals surface area (Å²) in [6.07, 6.45) is 8.67. The molecule has 2 N–H and O–H groups in total. The van der Waals surface area contributed by atoms with Crippen LogP contribution >= 0.6 is 0 Å². The smallest absolute Gasteiger partial charge is 0.298 e. The van der Waals surface area contributed by atoms with E-state index < -0.39 is 30.0 Å². The maximum atomic E-state index is 15.2. The Kier molecular flexibility index (Phi) is 6.73. The van der Waals surface area contributed by atoms with Gasteiger partial charge in [0.15, 0.2) is 0 Å². The van der Waals surface area contributed by atoms with Crippen molar-refractivity contribution in [1.82, 2.24) is 9.97 Å². The molecule has 194 valence electrons. The Labute approximate surface area is 213 Å². The number of aliphatic hydroxyl groups is 1. The van der Waals surface area contributed by atoms with E-state index in [1.807, 2.05) is 0 Å². The number of aryl methyl sites for hydroxylation is 2. The molecule has 5 rings (SSSR count). The standard InChI is InChI=1S/C28H29F3N4O2/c1-4-23(20-9-6-10-22(25(20)29)28(30,31)15-36)34-27-21-11-24(35-12-17(13-35)14-37-3)18-7-5-8-19(18)26(21)32-16(2)33-27/h1,6,9-11,17,23,36H,5,7-8,12-15H2,2-3H3,(H,32,33,34)/t23-/m1/s1. The Morgan fingerprint density at radius 2 is 2.03 bits per heavy atom. The zero-order valence-electron chi connectivity index (χ0n) is 20.8. The van der Waals surface area contributed by atoms with E-state index in [9.17, 15) is 8.78 Å². The normalized spacial score (nSPS) is 16.4. The summed E-state index contributed by atoms with van der Waals surface area (Å²) in [6.45, 7) is 2.77. The molecule has 1 aliphatic carbocycles. The second-order valence-corrected chi connectivity index (χ2v) is 9.76. The van der Waals surface area contributed by atoms with Gasteiger partial charge in [0, 0.05) is 42.8 Å². The molecular formula is C28H29F3N4O2. The van der Waals surface area contributed by atoms with Gasteiger partial charge in [-0.05, 0) is 49.4 Å². The van der Waals surface area contributed by atoms with Crippen molar-refractivity contribution in [2.45, 2.75) is 38.2 Å². The highest BCUT2D eigenvalue weighted by Crippen LogP contribution is 2.41. The second-order valence-electron chi connectivity index (χ2n) is 9.76. The number of halogens is 3. The maximum absolute atomic E-state index is 15.2. The van der Waals surface area contributed by atoms with Gasteiger partial charge in [-0.1, -0.05) is 18.1 Å². The zero-order chi connectivity index (χ0) is 26.3. The number of terminal acetylenes is 1. The van der Waals surface area contributed by atoms with Crippen LogP contribution in [0.4, 0.5) is 24.7 Å². The summed E-state index contributed by atoms with van der Waals surface area (Å²) in [5.74, 6) is -0.983. The lowest BCUT2D eigenvalue weighted by Crippen LogP contribution is -2.49. The number of fused-ring (bicyclic) bond motifs is 3. The molecule has 3 aromatic rings. The highest BCUT2D eigenvalue weighted by Gasteiger charge is 2.36. The fraction of sp³-hybridized carbons (Fsp3) is 0.429. The SMILES string of the molecule is C#C[C@@H](Nc1nc(C)nc2c3c(c(N4CC(COC)C4)cc12)CCC3)c1cccc(C(F)(F)CO)c1F. The average Bonchev–Trinajstić information content (AvgIpc) is 3.35. The minimum Gasteiger partial charge on any atom is -0.390 e. The van der Waals surface area contributed by atoms with Crippen molar-refractivity contribution in [3.8, 4) is 12.3 Å². The van der Waals surface area contributed by atoms with Crippen molar-refractivity contribution in [2.75, 3.05) is 43.6 Å². The van der Waals surface area contributed by atoms with Crippen LogP contribution in [-0.4, -0.2) is 48.5 Å². The van der Waals surface area contributed by atoms with Gasteiger partial charge in [-0.3, -0.25) is 0 Å². The van der Waals surface area contributed by atoms with E-state index in [1.165, 1.54) is 23.3 Å². The van der Waals surface area contributed by atoms with E-state index in [0.717, 1.165) is 55.0 Å². The molecule has 0 bridgehead atoms. The summed E-state index contributed by atoms with van der Waals surface area (Å²) in [5.41, 5.74) is 3.42. The quantitative estimate of drug-likeness (QED) is 0.435. The van der Waals surface area contributed by atoms with Crippen LogP contribution in [0.5, 0.6) is 0 Å². The highest BCUT2D eigenvalue weighted by atomic mass is 19.3. The Hall–Kier alpha value is -3.35. The van der Waals surface area contributed by atoms with Gasteiger partial charge >= 0.3 is 0 Å². The molecule has 1 aliphatic heterocycles. The summed E-state index contributed by atoms with van der Waals surface area (Å²) in [5, 5.41) is 12.9. The molecule has 2 aromatic carbocycles. The van der Waals surface area contributed by atoms with Crippen molar-refractivity contribution in [3.63, 3.8) is 0 Å². The summed E-state index contributed by atoms with van der Waals surface area (Å²) in [4.78, 5) is 11.6. The van der Waals surface area contributed by atoms with Gasteiger partial charge in [0.2, 0.25) is 0 Å². The number of benzene rings is 2. The molecule has 0 saturated carbocycles. The van der Waals surface area contributed by atoms with Gasteiger partial charge in [-0.25, -0.2) is 14.4 Å².